The number of hydrogen-bond donors (Lipinski definition) is 1. The Morgan fingerprint density at radius 3 is 3.00 bits per heavy atom. The van der Waals surface area contributed by atoms with Crippen molar-refractivity contribution in [3.05, 3.63) is 52.3 Å². The molecule has 136 valence electrons. The van der Waals surface area contributed by atoms with Crippen LogP contribution in [0.15, 0.2) is 44.1 Å². The summed E-state index contributed by atoms with van der Waals surface area (Å²) in [5.41, 5.74) is 1.89. The zero-order chi connectivity index (χ0) is 18.1. The average Bonchev–Trinajstić information content (AvgIpc) is 3.30. The van der Waals surface area contributed by atoms with Crippen molar-refractivity contribution < 1.29 is 18.5 Å². The highest BCUT2D eigenvalue weighted by atomic mass is 16.5. The van der Waals surface area contributed by atoms with Gasteiger partial charge in [-0.05, 0) is 19.1 Å². The second-order valence-electron chi connectivity index (χ2n) is 6.53. The highest BCUT2D eigenvalue weighted by Gasteiger charge is 2.31. The summed E-state index contributed by atoms with van der Waals surface area (Å²) in [5, 5.41) is 6.84. The van der Waals surface area contributed by atoms with Crippen LogP contribution in [-0.4, -0.2) is 34.9 Å². The molecule has 1 aromatic carbocycles. The van der Waals surface area contributed by atoms with Crippen LogP contribution in [0.4, 0.5) is 0 Å². The van der Waals surface area contributed by atoms with Crippen LogP contribution in [0.5, 0.6) is 0 Å². The number of carbonyl (C=O) groups is 1. The number of amides is 1. The monoisotopic (exact) mass is 357 g/mol. The fraction of sp³-hybridized carbons (Fsp3) is 0.389. The second kappa shape index (κ2) is 6.80. The summed E-state index contributed by atoms with van der Waals surface area (Å²) in [6.07, 6.45) is 0.639. The number of benzene rings is 1. The predicted octanol–water partition coefficient (Wildman–Crippen LogP) is 1.26. The largest absolute Gasteiger partial charge is 0.420 e. The number of hydrogen-bond acceptors (Lipinski definition) is 6. The standard InChI is InChI=1S/C18H19N3O5/c1-11-6-13(26-20-11)7-12-9-24-10-14(12)19-17(22)8-21-15-4-2-3-5-16(15)25-18(21)23/h2-6,12,14H,7-10H2,1H3,(H,19,22). The van der Waals surface area contributed by atoms with Crippen LogP contribution in [0.25, 0.3) is 11.1 Å². The maximum atomic E-state index is 12.5. The number of nitrogens with one attached hydrogen (secondary N) is 1. The molecule has 4 rings (SSSR count). The van der Waals surface area contributed by atoms with E-state index in [9.17, 15) is 9.59 Å². The van der Waals surface area contributed by atoms with Crippen molar-refractivity contribution in [3.8, 4) is 0 Å². The molecular weight excluding hydrogens is 338 g/mol. The van der Waals surface area contributed by atoms with Crippen molar-refractivity contribution in [2.75, 3.05) is 13.2 Å². The van der Waals surface area contributed by atoms with Crippen molar-refractivity contribution in [1.29, 1.82) is 0 Å². The van der Waals surface area contributed by atoms with Gasteiger partial charge in [0, 0.05) is 18.4 Å². The lowest BCUT2D eigenvalue weighted by Crippen LogP contribution is -2.42. The highest BCUT2D eigenvalue weighted by molar-refractivity contribution is 5.79. The Bertz CT molecular complexity index is 986. The average molecular weight is 357 g/mol. The van der Waals surface area contributed by atoms with E-state index >= 15 is 0 Å². The van der Waals surface area contributed by atoms with E-state index in [0.29, 0.717) is 30.7 Å². The third kappa shape index (κ3) is 3.28. The van der Waals surface area contributed by atoms with Crippen LogP contribution < -0.4 is 11.1 Å². The summed E-state index contributed by atoms with van der Waals surface area (Å²) in [6.45, 7) is 2.74. The molecule has 1 saturated heterocycles. The van der Waals surface area contributed by atoms with Crippen molar-refractivity contribution in [2.45, 2.75) is 25.9 Å². The van der Waals surface area contributed by atoms with Gasteiger partial charge in [0.15, 0.2) is 5.58 Å². The number of fused-ring (bicyclic) bond motifs is 1. The minimum Gasteiger partial charge on any atom is -0.408 e. The number of para-hydroxylation sites is 2. The van der Waals surface area contributed by atoms with Gasteiger partial charge in [0.2, 0.25) is 5.91 Å². The van der Waals surface area contributed by atoms with Gasteiger partial charge in [0.25, 0.3) is 0 Å². The van der Waals surface area contributed by atoms with E-state index in [4.69, 9.17) is 13.7 Å². The van der Waals surface area contributed by atoms with Crippen LogP contribution in [0.2, 0.25) is 0 Å². The van der Waals surface area contributed by atoms with Crippen LogP contribution in [0.1, 0.15) is 11.5 Å². The molecule has 0 aliphatic carbocycles. The normalized spacial score (nSPS) is 19.9. The van der Waals surface area contributed by atoms with Gasteiger partial charge in [-0.2, -0.15) is 0 Å². The molecule has 0 bridgehead atoms. The molecule has 1 aliphatic rings. The van der Waals surface area contributed by atoms with Crippen LogP contribution in [-0.2, 0) is 22.5 Å². The van der Waals surface area contributed by atoms with E-state index in [1.807, 2.05) is 13.0 Å². The molecule has 0 saturated carbocycles. The van der Waals surface area contributed by atoms with Crippen LogP contribution in [0.3, 0.4) is 0 Å². The molecule has 2 unspecified atom stereocenters. The number of oxazole rings is 1. The fourth-order valence-corrected chi connectivity index (χ4v) is 3.29. The van der Waals surface area contributed by atoms with Crippen molar-refractivity contribution in [3.63, 3.8) is 0 Å². The van der Waals surface area contributed by atoms with Gasteiger partial charge in [-0.15, -0.1) is 0 Å². The topological polar surface area (TPSA) is 99.5 Å². The van der Waals surface area contributed by atoms with Gasteiger partial charge in [0.1, 0.15) is 12.3 Å². The Morgan fingerprint density at radius 2 is 2.19 bits per heavy atom. The SMILES string of the molecule is Cc1cc(CC2COCC2NC(=O)Cn2c(=O)oc3ccccc32)on1. The Balaban J connectivity index is 1.43. The predicted molar refractivity (Wildman–Crippen MR) is 91.7 cm³/mol. The lowest BCUT2D eigenvalue weighted by Gasteiger charge is -2.18. The maximum absolute atomic E-state index is 12.5. The first-order chi connectivity index (χ1) is 12.6. The minimum absolute atomic E-state index is 0.0967. The molecule has 0 spiro atoms. The Hall–Kier alpha value is -2.87. The number of carbonyl (C=O) groups excluding carboxylic acids is 1. The first kappa shape index (κ1) is 16.6. The number of ether oxygens (including phenoxy) is 1. The summed E-state index contributed by atoms with van der Waals surface area (Å²) < 4.78 is 17.3. The lowest BCUT2D eigenvalue weighted by atomic mass is 9.98. The molecule has 3 heterocycles. The van der Waals surface area contributed by atoms with Crippen LogP contribution >= 0.6 is 0 Å². The van der Waals surface area contributed by atoms with Gasteiger partial charge in [0.05, 0.1) is 30.5 Å². The van der Waals surface area contributed by atoms with E-state index in [-0.39, 0.29) is 24.4 Å². The molecule has 0 radical (unpaired) electrons. The molecular formula is C18H19N3O5. The molecule has 26 heavy (non-hydrogen) atoms. The molecule has 1 N–H and O–H groups in total. The molecule has 1 amide bonds. The number of aromatic nitrogens is 2. The molecule has 1 fully saturated rings. The van der Waals surface area contributed by atoms with Crippen molar-refractivity contribution in [1.82, 2.24) is 15.0 Å². The smallest absolute Gasteiger partial charge is 0.408 e. The van der Waals surface area contributed by atoms with Gasteiger partial charge in [-0.25, -0.2) is 4.79 Å². The fourth-order valence-electron chi connectivity index (χ4n) is 3.29. The molecule has 2 aromatic heterocycles. The van der Waals surface area contributed by atoms with E-state index in [0.717, 1.165) is 11.5 Å². The molecule has 8 nitrogen and oxygen atoms in total. The molecule has 8 heteroatoms. The zero-order valence-corrected chi connectivity index (χ0v) is 14.3. The highest BCUT2D eigenvalue weighted by Crippen LogP contribution is 2.20. The summed E-state index contributed by atoms with van der Waals surface area (Å²) in [5.74, 6) is 0.0732. The Morgan fingerprint density at radius 1 is 1.35 bits per heavy atom. The van der Waals surface area contributed by atoms with Gasteiger partial charge in [-0.3, -0.25) is 9.36 Å². The quantitative estimate of drug-likeness (QED) is 0.738. The van der Waals surface area contributed by atoms with Crippen LogP contribution in [0, 0.1) is 12.8 Å². The first-order valence-corrected chi connectivity index (χ1v) is 8.48. The zero-order valence-electron chi connectivity index (χ0n) is 14.3. The van der Waals surface area contributed by atoms with Gasteiger partial charge in [-0.1, -0.05) is 17.3 Å². The third-order valence-corrected chi connectivity index (χ3v) is 4.56. The van der Waals surface area contributed by atoms with Crippen molar-refractivity contribution >= 4 is 17.0 Å². The third-order valence-electron chi connectivity index (χ3n) is 4.56. The van der Waals surface area contributed by atoms with Gasteiger partial charge >= 0.3 is 5.76 Å². The minimum atomic E-state index is -0.544. The number of aryl methyl sites for hydroxylation is 1. The summed E-state index contributed by atoms with van der Waals surface area (Å²) in [4.78, 5) is 24.5. The second-order valence-corrected chi connectivity index (χ2v) is 6.53. The summed E-state index contributed by atoms with van der Waals surface area (Å²) >= 11 is 0. The maximum Gasteiger partial charge on any atom is 0.420 e. The molecule has 1 aliphatic heterocycles. The molecule has 3 aromatic rings. The van der Waals surface area contributed by atoms with Crippen molar-refractivity contribution in [2.24, 2.45) is 5.92 Å². The summed E-state index contributed by atoms with van der Waals surface area (Å²) in [6, 6.07) is 8.77. The molecule has 2 atom stereocenters. The Kier molecular flexibility index (Phi) is 4.34. The first-order valence-electron chi connectivity index (χ1n) is 8.48. The number of nitrogens with zero attached hydrogens (tertiary/aromatic N) is 2. The van der Waals surface area contributed by atoms with Gasteiger partial charge < -0.3 is 19.0 Å². The van der Waals surface area contributed by atoms with E-state index in [2.05, 4.69) is 10.5 Å². The summed E-state index contributed by atoms with van der Waals surface area (Å²) in [7, 11) is 0. The van der Waals surface area contributed by atoms with E-state index in [1.54, 1.807) is 24.3 Å². The lowest BCUT2D eigenvalue weighted by molar-refractivity contribution is -0.122. The Labute approximate surface area is 148 Å². The number of rotatable bonds is 5. The van der Waals surface area contributed by atoms with E-state index < -0.39 is 5.76 Å². The van der Waals surface area contributed by atoms with E-state index in [1.165, 1.54) is 4.57 Å².